The first-order valence-corrected chi connectivity index (χ1v) is 11.5. The molecule has 0 unspecified atom stereocenters. The maximum Gasteiger partial charge on any atom is 0.246 e. The molecule has 1 N–H and O–H groups in total. The third-order valence-corrected chi connectivity index (χ3v) is 7.40. The molecule has 1 fully saturated rings. The van der Waals surface area contributed by atoms with Crippen LogP contribution in [-0.4, -0.2) is 60.2 Å². The van der Waals surface area contributed by atoms with Crippen molar-refractivity contribution in [3.05, 3.63) is 36.4 Å². The Morgan fingerprint density at radius 2 is 1.44 bits per heavy atom. The molecule has 1 amide bonds. The summed E-state index contributed by atoms with van der Waals surface area (Å²) in [5.41, 5.74) is 0.507. The van der Waals surface area contributed by atoms with Crippen LogP contribution < -0.4 is 24.3 Å². The van der Waals surface area contributed by atoms with Gasteiger partial charge in [0.25, 0.3) is 0 Å². The number of nitrogens with zero attached hydrogens (tertiary/aromatic N) is 1. The molecule has 2 aromatic carbocycles. The molecule has 10 heteroatoms. The molecule has 0 spiro atoms. The van der Waals surface area contributed by atoms with Crippen molar-refractivity contribution in [3.8, 4) is 23.0 Å². The zero-order chi connectivity index (χ0) is 23.3. The summed E-state index contributed by atoms with van der Waals surface area (Å²) in [4.78, 5) is 12.9. The molecule has 32 heavy (non-hydrogen) atoms. The number of ether oxygens (including phenoxy) is 4. The van der Waals surface area contributed by atoms with Gasteiger partial charge in [-0.15, -0.1) is 0 Å². The van der Waals surface area contributed by atoms with Gasteiger partial charge >= 0.3 is 0 Å². The Hall–Kier alpha value is -2.98. The highest BCUT2D eigenvalue weighted by Gasteiger charge is 2.34. The maximum atomic E-state index is 13.2. The summed E-state index contributed by atoms with van der Waals surface area (Å²) in [6, 6.07) is 9.79. The van der Waals surface area contributed by atoms with E-state index in [2.05, 4.69) is 5.32 Å². The van der Waals surface area contributed by atoms with Gasteiger partial charge in [-0.1, -0.05) is 0 Å². The smallest absolute Gasteiger partial charge is 0.246 e. The van der Waals surface area contributed by atoms with Gasteiger partial charge in [-0.05, 0) is 37.1 Å². The lowest BCUT2D eigenvalue weighted by Gasteiger charge is -2.31. The molecule has 2 aromatic rings. The average Bonchev–Trinajstić information content (AvgIpc) is 2.83. The summed E-state index contributed by atoms with van der Waals surface area (Å²) in [7, 11) is 2.15. The van der Waals surface area contributed by atoms with Crippen molar-refractivity contribution in [1.82, 2.24) is 4.31 Å². The standard InChI is InChI=1S/C22H28N2O7S/c1-28-16-5-7-19(30-3)18(13-16)23-22(25)15-9-11-24(12-10-15)32(26,27)21-14-17(29-2)6-8-20(21)31-4/h5-8,13-15H,9-12H2,1-4H3,(H,23,25). The molecule has 1 saturated heterocycles. The fourth-order valence-corrected chi connectivity index (χ4v) is 5.27. The summed E-state index contributed by atoms with van der Waals surface area (Å²) >= 11 is 0. The second-order valence-electron chi connectivity index (χ2n) is 7.25. The number of carbonyl (C=O) groups is 1. The van der Waals surface area contributed by atoms with E-state index in [0.29, 0.717) is 35.8 Å². The molecular weight excluding hydrogens is 436 g/mol. The van der Waals surface area contributed by atoms with Crippen molar-refractivity contribution in [1.29, 1.82) is 0 Å². The Labute approximate surface area is 188 Å². The van der Waals surface area contributed by atoms with Crippen molar-refractivity contribution in [3.63, 3.8) is 0 Å². The summed E-state index contributed by atoms with van der Waals surface area (Å²) < 4.78 is 48.7. The number of carbonyl (C=O) groups excluding carboxylic acids is 1. The molecule has 0 aromatic heterocycles. The number of hydrogen-bond acceptors (Lipinski definition) is 7. The largest absolute Gasteiger partial charge is 0.497 e. The Kier molecular flexibility index (Phi) is 7.47. The Morgan fingerprint density at radius 3 is 2.00 bits per heavy atom. The minimum Gasteiger partial charge on any atom is -0.497 e. The highest BCUT2D eigenvalue weighted by Crippen LogP contribution is 2.34. The minimum absolute atomic E-state index is 0.0448. The Bertz CT molecular complexity index is 1060. The van der Waals surface area contributed by atoms with Crippen LogP contribution in [0.25, 0.3) is 0 Å². The lowest BCUT2D eigenvalue weighted by atomic mass is 9.97. The van der Waals surface area contributed by atoms with E-state index >= 15 is 0 Å². The van der Waals surface area contributed by atoms with Gasteiger partial charge in [-0.2, -0.15) is 4.31 Å². The number of nitrogens with one attached hydrogen (secondary N) is 1. The molecule has 1 aliphatic heterocycles. The lowest BCUT2D eigenvalue weighted by molar-refractivity contribution is -0.120. The van der Waals surface area contributed by atoms with Gasteiger partial charge in [0.2, 0.25) is 15.9 Å². The number of amides is 1. The fraction of sp³-hybridized carbons (Fsp3) is 0.409. The fourth-order valence-electron chi connectivity index (χ4n) is 3.63. The predicted molar refractivity (Wildman–Crippen MR) is 119 cm³/mol. The summed E-state index contributed by atoms with van der Waals surface area (Å²) in [6.07, 6.45) is 0.785. The number of benzene rings is 2. The van der Waals surface area contributed by atoms with Gasteiger partial charge in [0, 0.05) is 31.1 Å². The predicted octanol–water partition coefficient (Wildman–Crippen LogP) is 2.76. The molecule has 0 bridgehead atoms. The molecule has 0 saturated carbocycles. The highest BCUT2D eigenvalue weighted by atomic mass is 32.2. The van der Waals surface area contributed by atoms with Crippen molar-refractivity contribution in [2.24, 2.45) is 5.92 Å². The van der Waals surface area contributed by atoms with Crippen LogP contribution in [0.15, 0.2) is 41.3 Å². The number of piperidine rings is 1. The number of hydrogen-bond donors (Lipinski definition) is 1. The SMILES string of the molecule is COc1ccc(OC)c(NC(=O)C2CCN(S(=O)(=O)c3cc(OC)ccc3OC)CC2)c1. The molecule has 1 aliphatic rings. The topological polar surface area (TPSA) is 103 Å². The van der Waals surface area contributed by atoms with E-state index in [1.165, 1.54) is 31.7 Å². The van der Waals surface area contributed by atoms with E-state index in [1.807, 2.05) is 0 Å². The number of sulfonamides is 1. The number of anilines is 1. The molecule has 1 heterocycles. The number of methoxy groups -OCH3 is 4. The highest BCUT2D eigenvalue weighted by molar-refractivity contribution is 7.89. The van der Waals surface area contributed by atoms with Crippen LogP contribution in [0, 0.1) is 5.92 Å². The molecule has 0 aliphatic carbocycles. The number of rotatable bonds is 8. The van der Waals surface area contributed by atoms with Gasteiger partial charge < -0.3 is 24.3 Å². The van der Waals surface area contributed by atoms with Crippen LogP contribution in [0.2, 0.25) is 0 Å². The monoisotopic (exact) mass is 464 g/mol. The van der Waals surface area contributed by atoms with E-state index in [1.54, 1.807) is 37.4 Å². The van der Waals surface area contributed by atoms with Crippen LogP contribution in [0.1, 0.15) is 12.8 Å². The Morgan fingerprint density at radius 1 is 0.875 bits per heavy atom. The van der Waals surface area contributed by atoms with Gasteiger partial charge in [-0.3, -0.25) is 4.79 Å². The van der Waals surface area contributed by atoms with E-state index < -0.39 is 10.0 Å². The maximum absolute atomic E-state index is 13.2. The first-order chi connectivity index (χ1) is 15.3. The van der Waals surface area contributed by atoms with E-state index in [9.17, 15) is 13.2 Å². The molecule has 0 radical (unpaired) electrons. The third kappa shape index (κ3) is 4.91. The second kappa shape index (κ2) is 10.1. The van der Waals surface area contributed by atoms with Crippen molar-refractivity contribution < 1.29 is 32.2 Å². The summed E-state index contributed by atoms with van der Waals surface area (Å²) in [5, 5.41) is 2.88. The normalized spacial score (nSPS) is 15.1. The van der Waals surface area contributed by atoms with Crippen LogP contribution >= 0.6 is 0 Å². The van der Waals surface area contributed by atoms with Crippen LogP contribution in [0.3, 0.4) is 0 Å². The van der Waals surface area contributed by atoms with E-state index in [-0.39, 0.29) is 35.6 Å². The lowest BCUT2D eigenvalue weighted by Crippen LogP contribution is -2.41. The van der Waals surface area contributed by atoms with Crippen molar-refractivity contribution in [2.45, 2.75) is 17.7 Å². The molecule has 9 nitrogen and oxygen atoms in total. The Balaban J connectivity index is 1.71. The van der Waals surface area contributed by atoms with Crippen LogP contribution in [-0.2, 0) is 14.8 Å². The second-order valence-corrected chi connectivity index (χ2v) is 9.16. The molecule has 3 rings (SSSR count). The zero-order valence-electron chi connectivity index (χ0n) is 18.6. The van der Waals surface area contributed by atoms with Crippen molar-refractivity contribution in [2.75, 3.05) is 46.8 Å². The van der Waals surface area contributed by atoms with Crippen LogP contribution in [0.5, 0.6) is 23.0 Å². The van der Waals surface area contributed by atoms with E-state index in [0.717, 1.165) is 0 Å². The quantitative estimate of drug-likeness (QED) is 0.641. The first-order valence-electron chi connectivity index (χ1n) is 10.1. The molecular formula is C22H28N2O7S. The summed E-state index contributed by atoms with van der Waals surface area (Å²) in [5.74, 6) is 1.26. The van der Waals surface area contributed by atoms with Gasteiger partial charge in [0.15, 0.2) is 0 Å². The molecule has 0 atom stereocenters. The van der Waals surface area contributed by atoms with Gasteiger partial charge in [-0.25, -0.2) is 8.42 Å². The average molecular weight is 465 g/mol. The third-order valence-electron chi connectivity index (χ3n) is 5.48. The van der Waals surface area contributed by atoms with Gasteiger partial charge in [0.05, 0.1) is 34.1 Å². The van der Waals surface area contributed by atoms with Crippen LogP contribution in [0.4, 0.5) is 5.69 Å². The van der Waals surface area contributed by atoms with Gasteiger partial charge in [0.1, 0.15) is 27.9 Å². The summed E-state index contributed by atoms with van der Waals surface area (Å²) in [6.45, 7) is 0.437. The zero-order valence-corrected chi connectivity index (χ0v) is 19.4. The minimum atomic E-state index is -3.80. The van der Waals surface area contributed by atoms with Crippen molar-refractivity contribution >= 4 is 21.6 Å². The van der Waals surface area contributed by atoms with E-state index in [4.69, 9.17) is 18.9 Å². The molecule has 174 valence electrons. The first kappa shape index (κ1) is 23.7.